The first-order valence-electron chi connectivity index (χ1n) is 5.30. The minimum atomic E-state index is -0.784. The number of hydrazine groups is 1. The van der Waals surface area contributed by atoms with Crippen LogP contribution in [0.4, 0.5) is 15.9 Å². The highest BCUT2D eigenvalue weighted by molar-refractivity contribution is 14.1. The number of anilines is 2. The topological polar surface area (TPSA) is 80.0 Å². The Balaban J connectivity index is 2.25. The van der Waals surface area contributed by atoms with Crippen molar-refractivity contribution in [2.75, 3.05) is 10.7 Å². The summed E-state index contributed by atoms with van der Waals surface area (Å²) in [6.07, 6.45) is 1.31. The zero-order chi connectivity index (χ0) is 13.8. The quantitative estimate of drug-likeness (QED) is 0.439. The molecule has 0 bridgehead atoms. The molecular formula is C12H10FIN4O. The van der Waals surface area contributed by atoms with Gasteiger partial charge in [-0.2, -0.15) is 0 Å². The largest absolute Gasteiger partial charge is 0.322 e. The summed E-state index contributed by atoms with van der Waals surface area (Å²) in [4.78, 5) is 15.6. The molecular weight excluding hydrogens is 362 g/mol. The van der Waals surface area contributed by atoms with E-state index in [1.807, 2.05) is 6.07 Å². The minimum absolute atomic E-state index is 0.123. The number of rotatable bonds is 3. The van der Waals surface area contributed by atoms with Crippen LogP contribution in [-0.2, 0) is 0 Å². The molecule has 0 aliphatic heterocycles. The van der Waals surface area contributed by atoms with E-state index >= 15 is 0 Å². The average molecular weight is 372 g/mol. The Morgan fingerprint density at radius 3 is 2.84 bits per heavy atom. The Bertz CT molecular complexity index is 620. The van der Waals surface area contributed by atoms with Crippen molar-refractivity contribution in [3.05, 3.63) is 51.5 Å². The first-order valence-corrected chi connectivity index (χ1v) is 6.37. The number of benzene rings is 1. The fourth-order valence-electron chi connectivity index (χ4n) is 1.48. The molecule has 2 rings (SSSR count). The van der Waals surface area contributed by atoms with Crippen LogP contribution in [0, 0.1) is 9.39 Å². The van der Waals surface area contributed by atoms with Crippen molar-refractivity contribution in [2.24, 2.45) is 5.84 Å². The van der Waals surface area contributed by atoms with Crippen LogP contribution >= 0.6 is 22.6 Å². The molecule has 7 heteroatoms. The summed E-state index contributed by atoms with van der Waals surface area (Å²) in [7, 11) is 0. The van der Waals surface area contributed by atoms with E-state index in [1.165, 1.54) is 12.3 Å². The molecule has 1 amide bonds. The number of carbonyl (C=O) groups excluding carboxylic acids is 1. The van der Waals surface area contributed by atoms with E-state index < -0.39 is 11.7 Å². The summed E-state index contributed by atoms with van der Waals surface area (Å²) < 4.78 is 14.8. The van der Waals surface area contributed by atoms with Gasteiger partial charge in [0.05, 0.1) is 5.56 Å². The molecule has 0 saturated heterocycles. The summed E-state index contributed by atoms with van der Waals surface area (Å²) in [5, 5.41) is 2.61. The second-order valence-electron chi connectivity index (χ2n) is 3.63. The van der Waals surface area contributed by atoms with E-state index in [-0.39, 0.29) is 11.4 Å². The molecule has 1 aromatic carbocycles. The van der Waals surface area contributed by atoms with Crippen molar-refractivity contribution in [1.29, 1.82) is 0 Å². The maximum atomic E-state index is 13.8. The van der Waals surface area contributed by atoms with Crippen LogP contribution in [0.1, 0.15) is 10.4 Å². The van der Waals surface area contributed by atoms with Crippen molar-refractivity contribution in [3.63, 3.8) is 0 Å². The van der Waals surface area contributed by atoms with E-state index in [1.54, 1.807) is 18.2 Å². The van der Waals surface area contributed by atoms with E-state index in [9.17, 15) is 9.18 Å². The monoisotopic (exact) mass is 372 g/mol. The summed E-state index contributed by atoms with van der Waals surface area (Å²) in [5.41, 5.74) is 2.57. The maximum Gasteiger partial charge on any atom is 0.258 e. The van der Waals surface area contributed by atoms with Crippen LogP contribution in [0.15, 0.2) is 36.5 Å². The van der Waals surface area contributed by atoms with Gasteiger partial charge >= 0.3 is 0 Å². The van der Waals surface area contributed by atoms with Crippen LogP contribution in [0.3, 0.4) is 0 Å². The average Bonchev–Trinajstić information content (AvgIpc) is 2.39. The Labute approximate surface area is 122 Å². The molecule has 98 valence electrons. The van der Waals surface area contributed by atoms with Gasteiger partial charge in [0, 0.05) is 15.5 Å². The zero-order valence-corrected chi connectivity index (χ0v) is 11.8. The summed E-state index contributed by atoms with van der Waals surface area (Å²) >= 11 is 2.12. The van der Waals surface area contributed by atoms with Crippen molar-refractivity contribution in [3.8, 4) is 0 Å². The van der Waals surface area contributed by atoms with E-state index in [0.29, 0.717) is 5.69 Å². The van der Waals surface area contributed by atoms with Crippen molar-refractivity contribution >= 4 is 40.0 Å². The van der Waals surface area contributed by atoms with Gasteiger partial charge in [0.1, 0.15) is 0 Å². The number of nitrogen functional groups attached to an aromatic ring is 1. The highest BCUT2D eigenvalue weighted by Gasteiger charge is 2.15. The molecule has 1 heterocycles. The first kappa shape index (κ1) is 13.7. The Hall–Kier alpha value is -1.74. The number of nitrogens with one attached hydrogen (secondary N) is 2. The fourth-order valence-corrected chi connectivity index (χ4v) is 2.03. The van der Waals surface area contributed by atoms with Crippen LogP contribution in [-0.4, -0.2) is 10.9 Å². The van der Waals surface area contributed by atoms with Crippen molar-refractivity contribution in [2.45, 2.75) is 0 Å². The van der Waals surface area contributed by atoms with Crippen LogP contribution in [0.25, 0.3) is 0 Å². The summed E-state index contributed by atoms with van der Waals surface area (Å²) in [6.45, 7) is 0. The van der Waals surface area contributed by atoms with Crippen LogP contribution in [0.2, 0.25) is 0 Å². The highest BCUT2D eigenvalue weighted by atomic mass is 127. The van der Waals surface area contributed by atoms with Gasteiger partial charge < -0.3 is 10.7 Å². The van der Waals surface area contributed by atoms with Gasteiger partial charge in [0.25, 0.3) is 5.91 Å². The lowest BCUT2D eigenvalue weighted by Gasteiger charge is -2.08. The smallest absolute Gasteiger partial charge is 0.258 e. The number of carbonyl (C=O) groups is 1. The van der Waals surface area contributed by atoms with Gasteiger partial charge in [-0.25, -0.2) is 15.2 Å². The molecule has 0 fully saturated rings. The standard InChI is InChI=1S/C12H10FIN4O/c13-10-9(4-5-16-11(10)18-15)12(19)17-8-3-1-2-7(14)6-8/h1-6H,15H2,(H,16,18)(H,17,19). The van der Waals surface area contributed by atoms with Gasteiger partial charge in [-0.15, -0.1) is 0 Å². The van der Waals surface area contributed by atoms with Gasteiger partial charge in [-0.3, -0.25) is 4.79 Å². The predicted molar refractivity (Wildman–Crippen MR) is 79.1 cm³/mol. The van der Waals surface area contributed by atoms with Gasteiger partial charge in [0.2, 0.25) is 0 Å². The highest BCUT2D eigenvalue weighted by Crippen LogP contribution is 2.17. The molecule has 0 spiro atoms. The lowest BCUT2D eigenvalue weighted by Crippen LogP contribution is -2.17. The van der Waals surface area contributed by atoms with Gasteiger partial charge in [-0.1, -0.05) is 6.07 Å². The number of hydrogen-bond donors (Lipinski definition) is 3. The molecule has 0 radical (unpaired) electrons. The third kappa shape index (κ3) is 3.18. The number of hydrogen-bond acceptors (Lipinski definition) is 4. The predicted octanol–water partition coefficient (Wildman–Crippen LogP) is 2.36. The second kappa shape index (κ2) is 5.93. The molecule has 0 saturated carbocycles. The molecule has 2 aromatic rings. The minimum Gasteiger partial charge on any atom is -0.322 e. The number of nitrogens with two attached hydrogens (primary N) is 1. The molecule has 0 aliphatic rings. The number of amides is 1. The summed E-state index contributed by atoms with van der Waals surface area (Å²) in [6, 6.07) is 8.48. The molecule has 1 aromatic heterocycles. The molecule has 4 N–H and O–H groups in total. The van der Waals surface area contributed by atoms with Crippen LogP contribution in [0.5, 0.6) is 0 Å². The maximum absolute atomic E-state index is 13.8. The van der Waals surface area contributed by atoms with E-state index in [0.717, 1.165) is 3.57 Å². The molecule has 0 aliphatic carbocycles. The Kier molecular flexibility index (Phi) is 4.27. The lowest BCUT2D eigenvalue weighted by atomic mass is 10.2. The SMILES string of the molecule is NNc1nccc(C(=O)Nc2cccc(I)c2)c1F. The van der Waals surface area contributed by atoms with Gasteiger partial charge in [-0.05, 0) is 46.9 Å². The third-order valence-corrected chi connectivity index (χ3v) is 3.02. The normalized spacial score (nSPS) is 10.1. The number of aromatic nitrogens is 1. The fraction of sp³-hybridized carbons (Fsp3) is 0. The van der Waals surface area contributed by atoms with E-state index in [4.69, 9.17) is 5.84 Å². The van der Waals surface area contributed by atoms with Crippen molar-refractivity contribution in [1.82, 2.24) is 4.98 Å². The van der Waals surface area contributed by atoms with E-state index in [2.05, 4.69) is 38.3 Å². The molecule has 0 unspecified atom stereocenters. The Morgan fingerprint density at radius 2 is 2.16 bits per heavy atom. The molecule has 0 atom stereocenters. The second-order valence-corrected chi connectivity index (χ2v) is 4.88. The van der Waals surface area contributed by atoms with Gasteiger partial charge in [0.15, 0.2) is 11.6 Å². The number of halogens is 2. The third-order valence-electron chi connectivity index (χ3n) is 2.35. The number of nitrogens with zero attached hydrogens (tertiary/aromatic N) is 1. The molecule has 5 nitrogen and oxygen atoms in total. The summed E-state index contributed by atoms with van der Waals surface area (Å²) in [5.74, 6) is 3.59. The van der Waals surface area contributed by atoms with Crippen LogP contribution < -0.4 is 16.6 Å². The Morgan fingerprint density at radius 1 is 1.37 bits per heavy atom. The zero-order valence-electron chi connectivity index (χ0n) is 9.65. The first-order chi connectivity index (χ1) is 9.11. The lowest BCUT2D eigenvalue weighted by molar-refractivity contribution is 0.102. The number of pyridine rings is 1. The van der Waals surface area contributed by atoms with Crippen molar-refractivity contribution < 1.29 is 9.18 Å². The molecule has 19 heavy (non-hydrogen) atoms.